The van der Waals surface area contributed by atoms with Crippen LogP contribution in [0.3, 0.4) is 0 Å². The summed E-state index contributed by atoms with van der Waals surface area (Å²) >= 11 is 8.86. The van der Waals surface area contributed by atoms with Gasteiger partial charge in [-0.15, -0.1) is 0 Å². The number of carbonyl (C=O) groups is 1. The largest absolute Gasteiger partial charge is 0.490 e. The van der Waals surface area contributed by atoms with Crippen molar-refractivity contribution < 1.29 is 13.9 Å². The maximum Gasteiger partial charge on any atom is 0.217 e. The Morgan fingerprint density at radius 2 is 2.28 bits per heavy atom. The molecule has 2 N–H and O–H groups in total. The lowest BCUT2D eigenvalue weighted by atomic mass is 10.1. The van der Waals surface area contributed by atoms with E-state index in [2.05, 4.69) is 15.9 Å². The van der Waals surface area contributed by atoms with Crippen molar-refractivity contribution in [3.63, 3.8) is 0 Å². The molecule has 0 aromatic heterocycles. The first-order valence-electron chi connectivity index (χ1n) is 5.45. The second-order valence-electron chi connectivity index (χ2n) is 4.12. The third kappa shape index (κ3) is 4.82. The van der Waals surface area contributed by atoms with Crippen molar-refractivity contribution in [1.82, 2.24) is 0 Å². The van der Waals surface area contributed by atoms with Crippen LogP contribution in [0.5, 0.6) is 5.75 Å². The smallest absolute Gasteiger partial charge is 0.217 e. The Morgan fingerprint density at radius 1 is 1.61 bits per heavy atom. The third-order valence-electron chi connectivity index (χ3n) is 2.37. The van der Waals surface area contributed by atoms with Gasteiger partial charge >= 0.3 is 0 Å². The molecule has 3 nitrogen and oxygen atoms in total. The minimum absolute atomic E-state index is 0.0975. The maximum atomic E-state index is 13.6. The highest BCUT2D eigenvalue weighted by atomic mass is 79.9. The maximum absolute atomic E-state index is 13.6. The summed E-state index contributed by atoms with van der Waals surface area (Å²) in [6.07, 6.45) is 0.908. The predicted molar refractivity (Wildman–Crippen MR) is 72.2 cm³/mol. The molecule has 0 heterocycles. The van der Waals surface area contributed by atoms with Crippen LogP contribution in [-0.4, -0.2) is 12.5 Å². The first kappa shape index (κ1) is 15.2. The Balaban J connectivity index is 2.55. The zero-order valence-electron chi connectivity index (χ0n) is 9.88. The number of carbonyl (C=O) groups excluding carboxylic acids is 1. The van der Waals surface area contributed by atoms with Gasteiger partial charge in [0.25, 0.3) is 0 Å². The van der Waals surface area contributed by atoms with E-state index < -0.39 is 5.82 Å². The van der Waals surface area contributed by atoms with Crippen LogP contribution in [0, 0.1) is 11.7 Å². The molecule has 0 spiro atoms. The molecule has 100 valence electrons. The lowest BCUT2D eigenvalue weighted by Gasteiger charge is -2.13. The summed E-state index contributed by atoms with van der Waals surface area (Å²) in [5.41, 5.74) is 5.05. The average Bonchev–Trinajstić information content (AvgIpc) is 2.29. The van der Waals surface area contributed by atoms with Gasteiger partial charge in [0.05, 0.1) is 11.1 Å². The molecular formula is C12H14BrClFNO2. The minimum atomic E-state index is -0.485. The second kappa shape index (κ2) is 6.95. The van der Waals surface area contributed by atoms with E-state index in [1.165, 1.54) is 12.1 Å². The van der Waals surface area contributed by atoms with Crippen LogP contribution in [-0.2, 0) is 4.79 Å². The van der Waals surface area contributed by atoms with Crippen molar-refractivity contribution in [1.29, 1.82) is 0 Å². The number of primary amides is 1. The number of hydrogen-bond acceptors (Lipinski definition) is 2. The van der Waals surface area contributed by atoms with Crippen molar-refractivity contribution >= 4 is 33.4 Å². The molecule has 18 heavy (non-hydrogen) atoms. The molecular weight excluding hydrogens is 324 g/mol. The van der Waals surface area contributed by atoms with E-state index in [1.807, 2.05) is 6.92 Å². The summed E-state index contributed by atoms with van der Waals surface area (Å²) in [7, 11) is 0. The molecule has 0 radical (unpaired) electrons. The first-order valence-corrected chi connectivity index (χ1v) is 6.63. The fourth-order valence-corrected chi connectivity index (χ4v) is 2.12. The molecule has 0 aliphatic rings. The van der Waals surface area contributed by atoms with Crippen LogP contribution in [0.25, 0.3) is 0 Å². The Hall–Kier alpha value is -0.810. The number of benzene rings is 1. The molecule has 6 heteroatoms. The van der Waals surface area contributed by atoms with Crippen molar-refractivity contribution in [3.8, 4) is 5.75 Å². The van der Waals surface area contributed by atoms with Crippen LogP contribution in [0.4, 0.5) is 4.39 Å². The third-order valence-corrected chi connectivity index (χ3v) is 3.16. The van der Waals surface area contributed by atoms with Gasteiger partial charge in [0.1, 0.15) is 0 Å². The second-order valence-corrected chi connectivity index (χ2v) is 5.41. The fourth-order valence-electron chi connectivity index (χ4n) is 1.34. The molecule has 0 aliphatic heterocycles. The highest BCUT2D eigenvalue weighted by molar-refractivity contribution is 9.10. The number of amides is 1. The van der Waals surface area contributed by atoms with Crippen LogP contribution < -0.4 is 10.5 Å². The SMILES string of the molecule is C[C@@H](CCC(N)=O)COc1cc(Cl)cc(Br)c1F. The summed E-state index contributed by atoms with van der Waals surface area (Å²) in [6, 6.07) is 2.88. The summed E-state index contributed by atoms with van der Waals surface area (Å²) < 4.78 is 19.3. The molecule has 0 fully saturated rings. The van der Waals surface area contributed by atoms with E-state index in [0.29, 0.717) is 24.5 Å². The van der Waals surface area contributed by atoms with Crippen molar-refractivity contribution in [2.24, 2.45) is 11.7 Å². The van der Waals surface area contributed by atoms with Gasteiger partial charge < -0.3 is 10.5 Å². The predicted octanol–water partition coefficient (Wildman–Crippen LogP) is 3.52. The number of halogens is 3. The number of hydrogen-bond donors (Lipinski definition) is 1. The van der Waals surface area contributed by atoms with Gasteiger partial charge in [-0.25, -0.2) is 4.39 Å². The summed E-state index contributed by atoms with van der Waals surface area (Å²) in [6.45, 7) is 2.21. The molecule has 0 unspecified atom stereocenters. The topological polar surface area (TPSA) is 52.3 Å². The summed E-state index contributed by atoms with van der Waals surface area (Å²) in [5, 5.41) is 0.392. The number of ether oxygens (including phenoxy) is 1. The van der Waals surface area contributed by atoms with E-state index in [-0.39, 0.29) is 22.0 Å². The minimum Gasteiger partial charge on any atom is -0.490 e. The lowest BCUT2D eigenvalue weighted by Crippen LogP contribution is -2.15. The van der Waals surface area contributed by atoms with Crippen molar-refractivity contribution in [2.75, 3.05) is 6.61 Å². The monoisotopic (exact) mass is 337 g/mol. The molecule has 1 rings (SSSR count). The Kier molecular flexibility index (Phi) is 5.88. The highest BCUT2D eigenvalue weighted by Crippen LogP contribution is 2.29. The zero-order chi connectivity index (χ0) is 13.7. The molecule has 1 amide bonds. The van der Waals surface area contributed by atoms with E-state index in [0.717, 1.165) is 0 Å². The van der Waals surface area contributed by atoms with Gasteiger partial charge in [-0.3, -0.25) is 4.79 Å². The van der Waals surface area contributed by atoms with Crippen LogP contribution in [0.15, 0.2) is 16.6 Å². The quantitative estimate of drug-likeness (QED) is 0.807. The van der Waals surface area contributed by atoms with Gasteiger partial charge in [-0.2, -0.15) is 0 Å². The first-order chi connectivity index (χ1) is 8.40. The molecule has 1 aromatic carbocycles. The Morgan fingerprint density at radius 3 is 2.89 bits per heavy atom. The molecule has 0 saturated heterocycles. The van der Waals surface area contributed by atoms with E-state index in [9.17, 15) is 9.18 Å². The van der Waals surface area contributed by atoms with Gasteiger partial charge in [0, 0.05) is 17.5 Å². The highest BCUT2D eigenvalue weighted by Gasteiger charge is 2.12. The van der Waals surface area contributed by atoms with Crippen LogP contribution in [0.2, 0.25) is 5.02 Å². The van der Waals surface area contributed by atoms with Crippen LogP contribution >= 0.6 is 27.5 Å². The molecule has 0 bridgehead atoms. The van der Waals surface area contributed by atoms with E-state index in [1.54, 1.807) is 0 Å². The molecule has 1 atom stereocenters. The van der Waals surface area contributed by atoms with Gasteiger partial charge in [-0.1, -0.05) is 18.5 Å². The standard InChI is InChI=1S/C12H14BrClFNO2/c1-7(2-3-11(16)17)6-18-10-5-8(14)4-9(13)12(10)15/h4-5,7H,2-3,6H2,1H3,(H2,16,17)/t7-/m0/s1. The molecule has 1 aromatic rings. The Labute approximate surface area is 119 Å². The number of nitrogens with two attached hydrogens (primary N) is 1. The van der Waals surface area contributed by atoms with E-state index in [4.69, 9.17) is 22.1 Å². The van der Waals surface area contributed by atoms with E-state index >= 15 is 0 Å². The summed E-state index contributed by atoms with van der Waals surface area (Å²) in [4.78, 5) is 10.6. The van der Waals surface area contributed by atoms with Gasteiger partial charge in [0.15, 0.2) is 11.6 Å². The summed E-state index contributed by atoms with van der Waals surface area (Å²) in [5.74, 6) is -0.630. The lowest BCUT2D eigenvalue weighted by molar-refractivity contribution is -0.118. The fraction of sp³-hybridized carbons (Fsp3) is 0.417. The van der Waals surface area contributed by atoms with Crippen LogP contribution in [0.1, 0.15) is 19.8 Å². The molecule has 0 saturated carbocycles. The zero-order valence-corrected chi connectivity index (χ0v) is 12.2. The number of rotatable bonds is 6. The average molecular weight is 339 g/mol. The van der Waals surface area contributed by atoms with Crippen molar-refractivity contribution in [3.05, 3.63) is 27.4 Å². The Bertz CT molecular complexity index is 442. The van der Waals surface area contributed by atoms with Gasteiger partial charge in [0.2, 0.25) is 5.91 Å². The normalized spacial score (nSPS) is 12.2. The van der Waals surface area contributed by atoms with Crippen molar-refractivity contribution in [2.45, 2.75) is 19.8 Å². The van der Waals surface area contributed by atoms with Gasteiger partial charge in [-0.05, 0) is 34.3 Å². The molecule has 0 aliphatic carbocycles.